The van der Waals surface area contributed by atoms with Crippen molar-refractivity contribution in [1.82, 2.24) is 4.98 Å². The molecule has 1 heterocycles. The van der Waals surface area contributed by atoms with E-state index < -0.39 is 0 Å². The molecule has 0 bridgehead atoms. The van der Waals surface area contributed by atoms with Gasteiger partial charge in [0.1, 0.15) is 0 Å². The largest absolute Gasteiger partial charge is 0.256 e. The van der Waals surface area contributed by atoms with Gasteiger partial charge in [-0.05, 0) is 54.7 Å². The van der Waals surface area contributed by atoms with Crippen molar-refractivity contribution < 1.29 is 0 Å². The SMILES string of the molecule is CCCCCCCC[C@H]1CC[C@H](CCc2ccc(-c3ccc(CCCC)cc3)nc2)CC1. The van der Waals surface area contributed by atoms with E-state index in [1.165, 1.54) is 119 Å². The number of hydrogen-bond donors (Lipinski definition) is 0. The van der Waals surface area contributed by atoms with Gasteiger partial charge in [-0.3, -0.25) is 4.98 Å². The van der Waals surface area contributed by atoms with Crippen LogP contribution in [0.4, 0.5) is 0 Å². The summed E-state index contributed by atoms with van der Waals surface area (Å²) in [5.41, 5.74) is 5.18. The van der Waals surface area contributed by atoms with Crippen LogP contribution >= 0.6 is 0 Å². The second-order valence-electron chi connectivity index (χ2n) is 10.3. The normalized spacial score (nSPS) is 18.7. The highest BCUT2D eigenvalue weighted by molar-refractivity contribution is 5.59. The third-order valence-electron chi connectivity index (χ3n) is 7.67. The van der Waals surface area contributed by atoms with E-state index in [2.05, 4.69) is 56.4 Å². The molecule has 0 amide bonds. The number of aromatic nitrogens is 1. The molecule has 3 rings (SSSR count). The maximum atomic E-state index is 4.78. The standard InChI is InChI=1S/C31H47N/c1-3-5-7-8-9-10-12-27-13-15-28(16-14-27)17-18-29-21-24-31(32-25-29)30-22-19-26(20-23-30)11-6-4-2/h19-25,27-28H,3-18H2,1-2H3/t27-,28-. The van der Waals surface area contributed by atoms with Gasteiger partial charge in [-0.25, -0.2) is 0 Å². The summed E-state index contributed by atoms with van der Waals surface area (Å²) >= 11 is 0. The lowest BCUT2D eigenvalue weighted by Gasteiger charge is -2.28. The van der Waals surface area contributed by atoms with Crippen molar-refractivity contribution in [3.8, 4) is 11.3 Å². The molecule has 0 atom stereocenters. The molecule has 1 aliphatic rings. The lowest BCUT2D eigenvalue weighted by Crippen LogP contribution is -2.15. The van der Waals surface area contributed by atoms with Crippen LogP contribution in [0.5, 0.6) is 0 Å². The van der Waals surface area contributed by atoms with E-state index >= 15 is 0 Å². The summed E-state index contributed by atoms with van der Waals surface area (Å²) in [5, 5.41) is 0. The first-order valence-electron chi connectivity index (χ1n) is 13.8. The zero-order chi connectivity index (χ0) is 22.4. The Balaban J connectivity index is 1.33. The Morgan fingerprint density at radius 2 is 1.25 bits per heavy atom. The van der Waals surface area contributed by atoms with Crippen LogP contribution in [0.1, 0.15) is 115 Å². The van der Waals surface area contributed by atoms with Gasteiger partial charge in [0, 0.05) is 11.8 Å². The predicted octanol–water partition coefficient (Wildman–Crippen LogP) is 9.58. The molecule has 1 aromatic carbocycles. The van der Waals surface area contributed by atoms with E-state index in [-0.39, 0.29) is 0 Å². The van der Waals surface area contributed by atoms with Gasteiger partial charge < -0.3 is 0 Å². The molecule has 1 fully saturated rings. The summed E-state index contributed by atoms with van der Waals surface area (Å²) in [5.74, 6) is 1.96. The van der Waals surface area contributed by atoms with Gasteiger partial charge in [0.25, 0.3) is 0 Å². The van der Waals surface area contributed by atoms with Crippen LogP contribution in [0, 0.1) is 11.8 Å². The summed E-state index contributed by atoms with van der Waals surface area (Å²) in [6.07, 6.45) is 24.3. The van der Waals surface area contributed by atoms with Crippen molar-refractivity contribution in [3.05, 3.63) is 53.7 Å². The molecule has 32 heavy (non-hydrogen) atoms. The number of benzene rings is 1. The second kappa shape index (κ2) is 14.5. The summed E-state index contributed by atoms with van der Waals surface area (Å²) in [6.45, 7) is 4.56. The molecule has 1 aromatic heterocycles. The zero-order valence-electron chi connectivity index (χ0n) is 21.0. The molecule has 176 valence electrons. The molecule has 0 spiro atoms. The van der Waals surface area contributed by atoms with E-state index in [0.717, 1.165) is 17.5 Å². The Kier molecular flexibility index (Phi) is 11.3. The minimum Gasteiger partial charge on any atom is -0.256 e. The Hall–Kier alpha value is -1.63. The maximum absolute atomic E-state index is 4.78. The van der Waals surface area contributed by atoms with Gasteiger partial charge in [-0.15, -0.1) is 0 Å². The Morgan fingerprint density at radius 1 is 0.625 bits per heavy atom. The first kappa shape index (κ1) is 25.0. The number of pyridine rings is 1. The molecule has 0 radical (unpaired) electrons. The number of hydrogen-bond acceptors (Lipinski definition) is 1. The topological polar surface area (TPSA) is 12.9 Å². The highest BCUT2D eigenvalue weighted by atomic mass is 14.7. The first-order chi connectivity index (χ1) is 15.8. The Morgan fingerprint density at radius 3 is 1.91 bits per heavy atom. The molecule has 2 aromatic rings. The molecule has 0 unspecified atom stereocenters. The highest BCUT2D eigenvalue weighted by Gasteiger charge is 2.20. The average molecular weight is 434 g/mol. The van der Waals surface area contributed by atoms with Crippen LogP contribution in [-0.2, 0) is 12.8 Å². The Labute approximate surface area is 198 Å². The minimum absolute atomic E-state index is 0.936. The van der Waals surface area contributed by atoms with Crippen LogP contribution < -0.4 is 0 Å². The van der Waals surface area contributed by atoms with Crippen LogP contribution in [-0.4, -0.2) is 4.98 Å². The fourth-order valence-corrected chi connectivity index (χ4v) is 5.36. The Bertz CT molecular complexity index is 722. The molecule has 0 aliphatic heterocycles. The number of aryl methyl sites for hydroxylation is 2. The molecule has 0 saturated heterocycles. The summed E-state index contributed by atoms with van der Waals surface area (Å²) in [7, 11) is 0. The molecular weight excluding hydrogens is 386 g/mol. The quantitative estimate of drug-likeness (QED) is 0.270. The molecule has 1 heteroatoms. The van der Waals surface area contributed by atoms with Crippen molar-refractivity contribution in [1.29, 1.82) is 0 Å². The second-order valence-corrected chi connectivity index (χ2v) is 10.3. The smallest absolute Gasteiger partial charge is 0.0702 e. The maximum Gasteiger partial charge on any atom is 0.0702 e. The van der Waals surface area contributed by atoms with Gasteiger partial charge in [0.2, 0.25) is 0 Å². The van der Waals surface area contributed by atoms with Crippen LogP contribution in [0.25, 0.3) is 11.3 Å². The van der Waals surface area contributed by atoms with E-state index in [9.17, 15) is 0 Å². The van der Waals surface area contributed by atoms with Crippen molar-refractivity contribution in [2.75, 3.05) is 0 Å². The summed E-state index contributed by atoms with van der Waals surface area (Å²) < 4.78 is 0. The molecule has 1 aliphatic carbocycles. The van der Waals surface area contributed by atoms with Crippen molar-refractivity contribution >= 4 is 0 Å². The lowest BCUT2D eigenvalue weighted by molar-refractivity contribution is 0.248. The first-order valence-corrected chi connectivity index (χ1v) is 13.8. The van der Waals surface area contributed by atoms with Gasteiger partial charge in [0.15, 0.2) is 0 Å². The molecule has 0 N–H and O–H groups in total. The average Bonchev–Trinajstić information content (AvgIpc) is 2.85. The molecule has 1 saturated carbocycles. The van der Waals surface area contributed by atoms with E-state index in [4.69, 9.17) is 4.98 Å². The van der Waals surface area contributed by atoms with Gasteiger partial charge in [-0.2, -0.15) is 0 Å². The van der Waals surface area contributed by atoms with Crippen LogP contribution in [0.15, 0.2) is 42.6 Å². The van der Waals surface area contributed by atoms with Gasteiger partial charge in [-0.1, -0.05) is 121 Å². The summed E-state index contributed by atoms with van der Waals surface area (Å²) in [4.78, 5) is 4.78. The lowest BCUT2D eigenvalue weighted by atomic mass is 9.78. The molecular formula is C31H47N. The van der Waals surface area contributed by atoms with Crippen LogP contribution in [0.3, 0.4) is 0 Å². The van der Waals surface area contributed by atoms with Gasteiger partial charge in [0.05, 0.1) is 5.69 Å². The van der Waals surface area contributed by atoms with E-state index in [1.807, 2.05) is 0 Å². The third-order valence-corrected chi connectivity index (χ3v) is 7.67. The van der Waals surface area contributed by atoms with E-state index in [0.29, 0.717) is 0 Å². The van der Waals surface area contributed by atoms with Crippen LogP contribution in [0.2, 0.25) is 0 Å². The zero-order valence-corrected chi connectivity index (χ0v) is 21.0. The highest BCUT2D eigenvalue weighted by Crippen LogP contribution is 2.34. The minimum atomic E-state index is 0.936. The van der Waals surface area contributed by atoms with Crippen molar-refractivity contribution in [2.45, 2.75) is 117 Å². The third kappa shape index (κ3) is 8.72. The van der Waals surface area contributed by atoms with E-state index in [1.54, 1.807) is 0 Å². The fourth-order valence-electron chi connectivity index (χ4n) is 5.36. The predicted molar refractivity (Wildman–Crippen MR) is 140 cm³/mol. The monoisotopic (exact) mass is 433 g/mol. The fraction of sp³-hybridized carbons (Fsp3) is 0.645. The number of nitrogens with zero attached hydrogens (tertiary/aromatic N) is 1. The summed E-state index contributed by atoms with van der Waals surface area (Å²) in [6, 6.07) is 13.5. The number of unbranched alkanes of at least 4 members (excludes halogenated alkanes) is 6. The van der Waals surface area contributed by atoms with Crippen molar-refractivity contribution in [2.24, 2.45) is 11.8 Å². The van der Waals surface area contributed by atoms with Crippen molar-refractivity contribution in [3.63, 3.8) is 0 Å². The van der Waals surface area contributed by atoms with Gasteiger partial charge >= 0.3 is 0 Å². The number of rotatable bonds is 14. The molecule has 1 nitrogen and oxygen atoms in total.